The van der Waals surface area contributed by atoms with Crippen LogP contribution in [0.1, 0.15) is 0 Å². The van der Waals surface area contributed by atoms with Crippen LogP contribution >= 0.6 is 0 Å². The minimum Gasteiger partial charge on any atom is -0.508 e. The topological polar surface area (TPSA) is 63.4 Å². The zero-order valence-corrected chi connectivity index (χ0v) is 4.98. The molecule has 0 saturated heterocycles. The number of phenolic OH excluding ortho intramolecular Hbond substituents is 1. The zero-order chi connectivity index (χ0) is 8.27. The Labute approximate surface area is 58.4 Å². The van der Waals surface area contributed by atoms with E-state index in [4.69, 9.17) is 1.43 Å². The van der Waals surface area contributed by atoms with Crippen LogP contribution in [0, 0.1) is 10.1 Å². The highest BCUT2D eigenvalue weighted by molar-refractivity contribution is 5.34. The Bertz CT molecular complexity index is 259. The third kappa shape index (κ3) is 1.22. The molecule has 0 fully saturated rings. The predicted octanol–water partition coefficient (Wildman–Crippen LogP) is 1.30. The van der Waals surface area contributed by atoms with Gasteiger partial charge in [-0.05, 0) is 12.1 Å². The summed E-state index contributed by atoms with van der Waals surface area (Å²) in [6, 6.07) is 5.30. The molecule has 1 rings (SSSR count). The minimum atomic E-state index is -0.506. The van der Waals surface area contributed by atoms with Crippen molar-refractivity contribution in [2.24, 2.45) is 0 Å². The summed E-state index contributed by atoms with van der Waals surface area (Å²) < 4.78 is 6.45. The number of hydrogen-bond donors (Lipinski definition) is 1. The molecule has 0 heterocycles. The second-order valence-electron chi connectivity index (χ2n) is 1.75. The highest BCUT2D eigenvalue weighted by atomic mass is 16.6. The third-order valence-corrected chi connectivity index (χ3v) is 1.05. The Morgan fingerprint density at radius 1 is 1.50 bits per heavy atom. The number of nitrogens with zero attached hydrogens (tertiary/aromatic N) is 1. The molecule has 4 nitrogen and oxygen atoms in total. The van der Waals surface area contributed by atoms with Crippen molar-refractivity contribution < 1.29 is 10.0 Å². The van der Waals surface area contributed by atoms with Crippen molar-refractivity contribution in [3.63, 3.8) is 0 Å². The van der Waals surface area contributed by atoms with Gasteiger partial charge in [0.2, 0.25) is 0 Å². The lowest BCUT2D eigenvalue weighted by atomic mass is 10.3. The Morgan fingerprint density at radius 2 is 2.10 bits per heavy atom. The zero-order valence-electron chi connectivity index (χ0n) is 5.98. The van der Waals surface area contributed by atoms with E-state index in [0.717, 1.165) is 0 Å². The molecule has 10 heavy (non-hydrogen) atoms. The molecule has 0 unspecified atom stereocenters. The fourth-order valence-electron chi connectivity index (χ4n) is 0.568. The van der Waals surface area contributed by atoms with Gasteiger partial charge in [0.25, 0.3) is 7.12 Å². The van der Waals surface area contributed by atoms with Gasteiger partial charge in [0.05, 0.1) is 4.92 Å². The number of non-ortho nitro benzene ring substituents is 1. The summed E-state index contributed by atoms with van der Waals surface area (Å²) in [5.74, 6) is 0.288. The van der Waals surface area contributed by atoms with E-state index in [1.54, 1.807) is 0 Å². The van der Waals surface area contributed by atoms with Crippen LogP contribution in [0.25, 0.3) is 0 Å². The number of nitro groups is 1. The molecule has 1 aromatic rings. The number of nitro benzene ring substituents is 1. The van der Waals surface area contributed by atoms with Gasteiger partial charge in [-0.15, -0.1) is 0 Å². The Balaban J connectivity index is 2.91. The van der Waals surface area contributed by atoms with Crippen molar-refractivity contribution in [3.05, 3.63) is 34.4 Å². The van der Waals surface area contributed by atoms with Crippen LogP contribution in [0.2, 0.25) is 0 Å². The first kappa shape index (κ1) is 5.22. The molecule has 0 bridgehead atoms. The fourth-order valence-corrected chi connectivity index (χ4v) is 0.568. The summed E-state index contributed by atoms with van der Waals surface area (Å²) in [5.41, 5.74) is -0.00852. The number of hydrogen-bond acceptors (Lipinski definition) is 3. The number of aromatic hydroxyl groups is 1. The van der Waals surface area contributed by atoms with Gasteiger partial charge >= 0.3 is 0 Å². The van der Waals surface area contributed by atoms with Crippen molar-refractivity contribution in [1.29, 1.82) is 1.43 Å². The molecule has 0 aromatic heterocycles. The smallest absolute Gasteiger partial charge is 0.293 e. The molecule has 0 aliphatic rings. The highest BCUT2D eigenvalue weighted by Crippen LogP contribution is 2.14. The largest absolute Gasteiger partial charge is 0.508 e. The second kappa shape index (κ2) is 2.34. The van der Waals surface area contributed by atoms with Gasteiger partial charge in [-0.25, -0.2) is 0 Å². The summed E-state index contributed by atoms with van der Waals surface area (Å²) in [7, 11) is 0. The normalized spacial score (nSPS) is 10.2. The van der Waals surface area contributed by atoms with Crippen molar-refractivity contribution >= 4 is 5.69 Å². The van der Waals surface area contributed by atoms with Gasteiger partial charge in [0.15, 0.2) is 0 Å². The first-order valence-electron chi connectivity index (χ1n) is 3.02. The van der Waals surface area contributed by atoms with E-state index in [0.29, 0.717) is 0 Å². The van der Waals surface area contributed by atoms with Crippen molar-refractivity contribution in [1.82, 2.24) is 0 Å². The maximum absolute atomic E-state index is 10.1. The van der Waals surface area contributed by atoms with Crippen LogP contribution in [0.5, 0.6) is 5.75 Å². The molecule has 1 N–H and O–H groups in total. The molecule has 0 atom stereocenters. The van der Waals surface area contributed by atoms with E-state index in [-0.39, 0.29) is 11.4 Å². The van der Waals surface area contributed by atoms with Crippen LogP contribution in [0.3, 0.4) is 0 Å². The van der Waals surface area contributed by atoms with Crippen LogP contribution in [-0.4, -0.2) is 11.5 Å². The molecular formula is C6H5NO3. The summed E-state index contributed by atoms with van der Waals surface area (Å²) >= 11 is 0. The first-order chi connectivity index (χ1) is 5.24. The SMILES string of the molecule is [2H]Oc1ccc([N+](=O)[O-])cc1. The van der Waals surface area contributed by atoms with Crippen molar-refractivity contribution in [2.75, 3.05) is 0 Å². The number of benzene rings is 1. The summed E-state index contributed by atoms with van der Waals surface area (Å²) in [6.07, 6.45) is 0. The van der Waals surface area contributed by atoms with Crippen molar-refractivity contribution in [2.45, 2.75) is 0 Å². The van der Waals surface area contributed by atoms with E-state index in [9.17, 15) is 10.1 Å². The highest BCUT2D eigenvalue weighted by Gasteiger charge is 2.01. The maximum atomic E-state index is 10.1. The molecule has 0 amide bonds. The minimum absolute atomic E-state index is 0.00852. The molecule has 0 saturated carbocycles. The average Bonchev–Trinajstić information content (AvgIpc) is 2.05. The number of phenols is 1. The van der Waals surface area contributed by atoms with Gasteiger partial charge in [-0.3, -0.25) is 10.1 Å². The molecule has 52 valence electrons. The van der Waals surface area contributed by atoms with Gasteiger partial charge < -0.3 is 5.11 Å². The Morgan fingerprint density at radius 3 is 2.50 bits per heavy atom. The van der Waals surface area contributed by atoms with E-state index >= 15 is 0 Å². The summed E-state index contributed by atoms with van der Waals surface area (Å²) in [4.78, 5) is 9.61. The fraction of sp³-hybridized carbons (Fsp3) is 0. The summed E-state index contributed by atoms with van der Waals surface area (Å²) in [5, 5.41) is 14.2. The second-order valence-corrected chi connectivity index (χ2v) is 1.75. The lowest BCUT2D eigenvalue weighted by Crippen LogP contribution is -1.85. The summed E-state index contributed by atoms with van der Waals surface area (Å²) in [6.45, 7) is 0. The van der Waals surface area contributed by atoms with Gasteiger partial charge in [-0.2, -0.15) is 0 Å². The molecule has 0 aliphatic heterocycles. The quantitative estimate of drug-likeness (QED) is 0.497. The standard InChI is InChI=1S/C6H5NO3/c8-6-3-1-5(2-4-6)7(9)10/h1-4,8H/i/hD. The van der Waals surface area contributed by atoms with E-state index in [2.05, 4.69) is 5.11 Å². The Kier molecular flexibility index (Phi) is 1.23. The monoisotopic (exact) mass is 140 g/mol. The van der Waals surface area contributed by atoms with E-state index in [1.165, 1.54) is 24.3 Å². The van der Waals surface area contributed by atoms with Gasteiger partial charge in [0.1, 0.15) is 5.75 Å². The van der Waals surface area contributed by atoms with Gasteiger partial charge in [0, 0.05) is 12.1 Å². The predicted molar refractivity (Wildman–Crippen MR) is 34.8 cm³/mol. The lowest BCUT2D eigenvalue weighted by Gasteiger charge is -1.89. The van der Waals surface area contributed by atoms with Gasteiger partial charge in [-0.1, -0.05) is 0 Å². The molecule has 4 heteroatoms. The van der Waals surface area contributed by atoms with Crippen molar-refractivity contribution in [3.8, 4) is 5.75 Å². The molecular weight excluding hydrogens is 134 g/mol. The Hall–Kier alpha value is -1.58. The van der Waals surface area contributed by atoms with Crippen LogP contribution in [-0.2, 0) is 0 Å². The van der Waals surface area contributed by atoms with Crippen LogP contribution in [0.15, 0.2) is 24.3 Å². The molecule has 0 spiro atoms. The molecule has 0 aliphatic carbocycles. The van der Waals surface area contributed by atoms with Crippen LogP contribution < -0.4 is 0 Å². The molecule has 1 aromatic carbocycles. The average molecular weight is 140 g/mol. The van der Waals surface area contributed by atoms with E-state index in [1.807, 2.05) is 0 Å². The molecule has 0 radical (unpaired) electrons. The lowest BCUT2D eigenvalue weighted by molar-refractivity contribution is -0.384. The third-order valence-electron chi connectivity index (χ3n) is 1.05. The van der Waals surface area contributed by atoms with Crippen LogP contribution in [0.4, 0.5) is 5.69 Å². The van der Waals surface area contributed by atoms with E-state index < -0.39 is 4.92 Å². The maximum Gasteiger partial charge on any atom is 0.293 e. The first-order valence-corrected chi connectivity index (χ1v) is 2.61. The number of rotatable bonds is 2.